The van der Waals surface area contributed by atoms with Crippen molar-refractivity contribution >= 4 is 38.9 Å². The van der Waals surface area contributed by atoms with Crippen molar-refractivity contribution in [3.8, 4) is 0 Å². The van der Waals surface area contributed by atoms with E-state index in [0.717, 1.165) is 21.3 Å². The molecular weight excluding hydrogens is 284 g/mol. The molecule has 0 saturated heterocycles. The van der Waals surface area contributed by atoms with E-state index in [1.165, 1.54) is 0 Å². The highest BCUT2D eigenvalue weighted by molar-refractivity contribution is 9.10. The molecule has 0 unspecified atom stereocenters. The first-order chi connectivity index (χ1) is 7.49. The standard InChI is InChI=1S/C12H15BrN2S/c1-8(2)7-14-12(16)15-11-5-4-10(13)6-9(11)3/h4-6H,1,7H2,2-3H3,(H2,14,15,16). The Hall–Kier alpha value is -0.870. The number of anilines is 1. The van der Waals surface area contributed by atoms with Crippen LogP contribution in [-0.4, -0.2) is 11.7 Å². The Labute approximate surface area is 110 Å². The smallest absolute Gasteiger partial charge is 0.171 e. The maximum absolute atomic E-state index is 5.17. The SMILES string of the molecule is C=C(C)CNC(=S)Nc1ccc(Br)cc1C. The molecule has 0 saturated carbocycles. The zero-order chi connectivity index (χ0) is 12.1. The number of rotatable bonds is 3. The molecule has 1 rings (SSSR count). The minimum absolute atomic E-state index is 0.619. The van der Waals surface area contributed by atoms with Crippen molar-refractivity contribution in [3.05, 3.63) is 40.4 Å². The summed E-state index contributed by atoms with van der Waals surface area (Å²) < 4.78 is 1.07. The van der Waals surface area contributed by atoms with E-state index in [-0.39, 0.29) is 0 Å². The van der Waals surface area contributed by atoms with Gasteiger partial charge in [0.05, 0.1) is 0 Å². The number of nitrogens with one attached hydrogen (secondary N) is 2. The van der Waals surface area contributed by atoms with Crippen LogP contribution in [0.25, 0.3) is 0 Å². The Morgan fingerprint density at radius 1 is 1.50 bits per heavy atom. The topological polar surface area (TPSA) is 24.1 Å². The van der Waals surface area contributed by atoms with Crippen LogP contribution in [0.3, 0.4) is 0 Å². The highest BCUT2D eigenvalue weighted by Crippen LogP contribution is 2.19. The maximum Gasteiger partial charge on any atom is 0.171 e. The first-order valence-electron chi connectivity index (χ1n) is 4.94. The highest BCUT2D eigenvalue weighted by atomic mass is 79.9. The molecule has 86 valence electrons. The second kappa shape index (κ2) is 6.01. The molecule has 1 aromatic rings. The Morgan fingerprint density at radius 2 is 2.19 bits per heavy atom. The molecule has 0 spiro atoms. The van der Waals surface area contributed by atoms with E-state index < -0.39 is 0 Å². The summed E-state index contributed by atoms with van der Waals surface area (Å²) in [6, 6.07) is 6.02. The molecule has 2 N–H and O–H groups in total. The quantitative estimate of drug-likeness (QED) is 0.658. The predicted molar refractivity (Wildman–Crippen MR) is 77.9 cm³/mol. The van der Waals surface area contributed by atoms with Gasteiger partial charge >= 0.3 is 0 Å². The summed E-state index contributed by atoms with van der Waals surface area (Å²) in [4.78, 5) is 0. The van der Waals surface area contributed by atoms with E-state index in [0.29, 0.717) is 11.7 Å². The second-order valence-electron chi connectivity index (χ2n) is 3.72. The molecule has 0 aliphatic heterocycles. The zero-order valence-corrected chi connectivity index (χ0v) is 11.8. The lowest BCUT2D eigenvalue weighted by molar-refractivity contribution is 0.999. The zero-order valence-electron chi connectivity index (χ0n) is 9.43. The normalized spacial score (nSPS) is 9.69. The number of hydrogen-bond donors (Lipinski definition) is 2. The number of benzene rings is 1. The first kappa shape index (κ1) is 13.2. The van der Waals surface area contributed by atoms with Crippen LogP contribution in [0.15, 0.2) is 34.8 Å². The van der Waals surface area contributed by atoms with Gasteiger partial charge in [0.25, 0.3) is 0 Å². The van der Waals surface area contributed by atoms with Crippen molar-refractivity contribution in [1.82, 2.24) is 5.32 Å². The minimum atomic E-state index is 0.619. The van der Waals surface area contributed by atoms with Gasteiger partial charge in [0.15, 0.2) is 5.11 Å². The molecule has 16 heavy (non-hydrogen) atoms. The van der Waals surface area contributed by atoms with Crippen molar-refractivity contribution in [2.45, 2.75) is 13.8 Å². The predicted octanol–water partition coefficient (Wildman–Crippen LogP) is 3.62. The van der Waals surface area contributed by atoms with Gasteiger partial charge in [-0.3, -0.25) is 0 Å². The van der Waals surface area contributed by atoms with Crippen molar-refractivity contribution < 1.29 is 0 Å². The molecule has 0 fully saturated rings. The summed E-state index contributed by atoms with van der Waals surface area (Å²) in [5, 5.41) is 6.85. The van der Waals surface area contributed by atoms with E-state index in [1.807, 2.05) is 32.0 Å². The summed E-state index contributed by atoms with van der Waals surface area (Å²) >= 11 is 8.60. The van der Waals surface area contributed by atoms with Gasteiger partial charge in [0.2, 0.25) is 0 Å². The number of aryl methyl sites for hydroxylation is 1. The number of thiocarbonyl (C=S) groups is 1. The van der Waals surface area contributed by atoms with Crippen molar-refractivity contribution in [1.29, 1.82) is 0 Å². The lowest BCUT2D eigenvalue weighted by Crippen LogP contribution is -2.29. The molecule has 0 atom stereocenters. The van der Waals surface area contributed by atoms with Gasteiger partial charge in [-0.25, -0.2) is 0 Å². The van der Waals surface area contributed by atoms with Gasteiger partial charge in [-0.2, -0.15) is 0 Å². The van der Waals surface area contributed by atoms with E-state index in [2.05, 4.69) is 33.1 Å². The molecule has 0 bridgehead atoms. The van der Waals surface area contributed by atoms with Crippen LogP contribution in [0.5, 0.6) is 0 Å². The van der Waals surface area contributed by atoms with Crippen LogP contribution >= 0.6 is 28.1 Å². The summed E-state index contributed by atoms with van der Waals surface area (Å²) in [5.41, 5.74) is 3.22. The average Bonchev–Trinajstić information content (AvgIpc) is 2.19. The third kappa shape index (κ3) is 4.33. The van der Waals surface area contributed by atoms with Crippen LogP contribution in [0, 0.1) is 6.92 Å². The van der Waals surface area contributed by atoms with Crippen molar-refractivity contribution in [3.63, 3.8) is 0 Å². The van der Waals surface area contributed by atoms with Gasteiger partial charge in [-0.15, -0.1) is 0 Å². The maximum atomic E-state index is 5.17. The van der Waals surface area contributed by atoms with E-state index >= 15 is 0 Å². The summed E-state index contributed by atoms with van der Waals surface area (Å²) in [6.07, 6.45) is 0. The van der Waals surface area contributed by atoms with Gasteiger partial charge in [0.1, 0.15) is 0 Å². The highest BCUT2D eigenvalue weighted by Gasteiger charge is 2.01. The van der Waals surface area contributed by atoms with Gasteiger partial charge in [0, 0.05) is 16.7 Å². The van der Waals surface area contributed by atoms with Crippen LogP contribution in [0.4, 0.5) is 5.69 Å². The molecule has 0 amide bonds. The van der Waals surface area contributed by atoms with Gasteiger partial charge in [-0.05, 0) is 49.8 Å². The Bertz CT molecular complexity index is 415. The van der Waals surface area contributed by atoms with Crippen LogP contribution in [-0.2, 0) is 0 Å². The third-order valence-electron chi connectivity index (χ3n) is 1.99. The van der Waals surface area contributed by atoms with Crippen LogP contribution < -0.4 is 10.6 Å². The van der Waals surface area contributed by atoms with Crippen LogP contribution in [0.2, 0.25) is 0 Å². The molecular formula is C12H15BrN2S. The molecule has 2 nitrogen and oxygen atoms in total. The van der Waals surface area contributed by atoms with Crippen molar-refractivity contribution in [2.75, 3.05) is 11.9 Å². The van der Waals surface area contributed by atoms with Crippen LogP contribution in [0.1, 0.15) is 12.5 Å². The Morgan fingerprint density at radius 3 is 2.75 bits per heavy atom. The molecule has 0 aromatic heterocycles. The largest absolute Gasteiger partial charge is 0.359 e. The second-order valence-corrected chi connectivity index (χ2v) is 5.05. The fraction of sp³-hybridized carbons (Fsp3) is 0.250. The summed E-state index contributed by atoms with van der Waals surface area (Å²) in [5.74, 6) is 0. The monoisotopic (exact) mass is 298 g/mol. The summed E-state index contributed by atoms with van der Waals surface area (Å²) in [6.45, 7) is 8.50. The minimum Gasteiger partial charge on any atom is -0.359 e. The van der Waals surface area contributed by atoms with E-state index in [1.54, 1.807) is 0 Å². The molecule has 4 heteroatoms. The number of halogens is 1. The fourth-order valence-corrected chi connectivity index (χ4v) is 1.82. The third-order valence-corrected chi connectivity index (χ3v) is 2.73. The Balaban J connectivity index is 2.59. The molecule has 0 heterocycles. The first-order valence-corrected chi connectivity index (χ1v) is 6.14. The molecule has 0 radical (unpaired) electrons. The molecule has 1 aromatic carbocycles. The molecule has 0 aliphatic rings. The lowest BCUT2D eigenvalue weighted by atomic mass is 10.2. The fourth-order valence-electron chi connectivity index (χ4n) is 1.17. The average molecular weight is 299 g/mol. The van der Waals surface area contributed by atoms with E-state index in [9.17, 15) is 0 Å². The Kier molecular flexibility index (Phi) is 4.96. The van der Waals surface area contributed by atoms with Gasteiger partial charge in [-0.1, -0.05) is 28.1 Å². The van der Waals surface area contributed by atoms with Gasteiger partial charge < -0.3 is 10.6 Å². The summed E-state index contributed by atoms with van der Waals surface area (Å²) in [7, 11) is 0. The lowest BCUT2D eigenvalue weighted by Gasteiger charge is -2.12. The van der Waals surface area contributed by atoms with E-state index in [4.69, 9.17) is 12.2 Å². The van der Waals surface area contributed by atoms with Crippen molar-refractivity contribution in [2.24, 2.45) is 0 Å². The molecule has 0 aliphatic carbocycles. The number of hydrogen-bond acceptors (Lipinski definition) is 1.